The number of carbonyl (C=O) groups is 2. The monoisotopic (exact) mass is 211 g/mol. The fraction of sp³-hybridized carbons (Fsp3) is 0.444. The molecule has 1 rings (SSSR count). The molecule has 0 spiro atoms. The lowest BCUT2D eigenvalue weighted by Crippen LogP contribution is -2.41. The summed E-state index contributed by atoms with van der Waals surface area (Å²) >= 11 is 0. The molecule has 0 fully saturated rings. The van der Waals surface area contributed by atoms with Gasteiger partial charge in [-0.1, -0.05) is 13.3 Å². The van der Waals surface area contributed by atoms with Crippen LogP contribution in [0.3, 0.4) is 0 Å². The van der Waals surface area contributed by atoms with E-state index in [2.05, 4.69) is 15.3 Å². The summed E-state index contributed by atoms with van der Waals surface area (Å²) < 4.78 is 0. The number of hydrogen-bond donors (Lipinski definition) is 3. The van der Waals surface area contributed by atoms with E-state index in [4.69, 9.17) is 5.11 Å². The Morgan fingerprint density at radius 2 is 2.40 bits per heavy atom. The highest BCUT2D eigenvalue weighted by molar-refractivity contribution is 5.93. The van der Waals surface area contributed by atoms with Gasteiger partial charge in [0.05, 0.1) is 0 Å². The molecule has 0 radical (unpaired) electrons. The maximum absolute atomic E-state index is 11.4. The first-order valence-electron chi connectivity index (χ1n) is 4.68. The van der Waals surface area contributed by atoms with Gasteiger partial charge in [0, 0.05) is 12.4 Å². The third-order valence-corrected chi connectivity index (χ3v) is 1.89. The molecule has 0 bridgehead atoms. The van der Waals surface area contributed by atoms with E-state index >= 15 is 0 Å². The SMILES string of the molecule is CCCC(NC(=O)c1ncc[nH]1)C(=O)O. The summed E-state index contributed by atoms with van der Waals surface area (Å²) in [6.45, 7) is 1.86. The summed E-state index contributed by atoms with van der Waals surface area (Å²) in [5.74, 6) is -1.41. The Bertz CT molecular complexity index is 334. The van der Waals surface area contributed by atoms with Gasteiger partial charge in [0.1, 0.15) is 6.04 Å². The van der Waals surface area contributed by atoms with E-state index in [1.807, 2.05) is 6.92 Å². The zero-order chi connectivity index (χ0) is 11.3. The number of nitrogens with one attached hydrogen (secondary N) is 2. The smallest absolute Gasteiger partial charge is 0.326 e. The third-order valence-electron chi connectivity index (χ3n) is 1.89. The molecule has 1 unspecified atom stereocenters. The Morgan fingerprint density at radius 1 is 1.67 bits per heavy atom. The highest BCUT2D eigenvalue weighted by Gasteiger charge is 2.20. The minimum Gasteiger partial charge on any atom is -0.480 e. The first-order chi connectivity index (χ1) is 7.15. The Balaban J connectivity index is 2.59. The number of carboxylic acid groups (broad SMARTS) is 1. The Labute approximate surface area is 86.7 Å². The molecule has 0 aliphatic heterocycles. The number of aliphatic carboxylic acids is 1. The summed E-state index contributed by atoms with van der Waals surface area (Å²) in [5, 5.41) is 11.2. The summed E-state index contributed by atoms with van der Waals surface area (Å²) in [6, 6.07) is -0.854. The number of H-pyrrole nitrogens is 1. The van der Waals surface area contributed by atoms with Crippen LogP contribution in [0.4, 0.5) is 0 Å². The van der Waals surface area contributed by atoms with E-state index in [0.717, 1.165) is 0 Å². The molecule has 1 amide bonds. The highest BCUT2D eigenvalue weighted by atomic mass is 16.4. The topological polar surface area (TPSA) is 95.1 Å². The molecule has 3 N–H and O–H groups in total. The van der Waals surface area contributed by atoms with Crippen LogP contribution in [0.1, 0.15) is 30.4 Å². The largest absolute Gasteiger partial charge is 0.480 e. The lowest BCUT2D eigenvalue weighted by molar-refractivity contribution is -0.139. The van der Waals surface area contributed by atoms with Crippen LogP contribution in [-0.4, -0.2) is 33.0 Å². The van der Waals surface area contributed by atoms with Gasteiger partial charge in [-0.15, -0.1) is 0 Å². The van der Waals surface area contributed by atoms with Gasteiger partial charge in [0.2, 0.25) is 0 Å². The number of aromatic nitrogens is 2. The molecule has 0 saturated carbocycles. The lowest BCUT2D eigenvalue weighted by Gasteiger charge is -2.11. The van der Waals surface area contributed by atoms with E-state index in [0.29, 0.717) is 12.8 Å². The lowest BCUT2D eigenvalue weighted by atomic mass is 10.1. The minimum atomic E-state index is -1.03. The molecule has 0 aliphatic carbocycles. The molecule has 1 heterocycles. The van der Waals surface area contributed by atoms with Crippen molar-refractivity contribution < 1.29 is 14.7 Å². The van der Waals surface area contributed by atoms with Crippen LogP contribution < -0.4 is 5.32 Å². The van der Waals surface area contributed by atoms with Crippen LogP contribution in [-0.2, 0) is 4.79 Å². The average Bonchev–Trinajstić information content (AvgIpc) is 2.69. The summed E-state index contributed by atoms with van der Waals surface area (Å²) in [6.07, 6.45) is 4.03. The normalized spacial score (nSPS) is 12.1. The first kappa shape index (κ1) is 11.2. The van der Waals surface area contributed by atoms with Crippen molar-refractivity contribution in [3.8, 4) is 0 Å². The average molecular weight is 211 g/mol. The molecular weight excluding hydrogens is 198 g/mol. The first-order valence-corrected chi connectivity index (χ1v) is 4.68. The number of amides is 1. The highest BCUT2D eigenvalue weighted by Crippen LogP contribution is 1.98. The van der Waals surface area contributed by atoms with Crippen LogP contribution >= 0.6 is 0 Å². The zero-order valence-electron chi connectivity index (χ0n) is 8.36. The van der Waals surface area contributed by atoms with E-state index < -0.39 is 17.9 Å². The Morgan fingerprint density at radius 3 is 2.87 bits per heavy atom. The molecule has 0 saturated heterocycles. The van der Waals surface area contributed by atoms with Crippen LogP contribution in [0, 0.1) is 0 Å². The van der Waals surface area contributed by atoms with Crippen molar-refractivity contribution in [1.29, 1.82) is 0 Å². The summed E-state index contributed by atoms with van der Waals surface area (Å²) in [5.41, 5.74) is 0. The van der Waals surface area contributed by atoms with Crippen molar-refractivity contribution in [3.63, 3.8) is 0 Å². The zero-order valence-corrected chi connectivity index (χ0v) is 8.36. The van der Waals surface area contributed by atoms with Crippen molar-refractivity contribution in [1.82, 2.24) is 15.3 Å². The van der Waals surface area contributed by atoms with Crippen molar-refractivity contribution in [2.75, 3.05) is 0 Å². The second kappa shape index (κ2) is 5.14. The maximum atomic E-state index is 11.4. The quantitative estimate of drug-likeness (QED) is 0.656. The van der Waals surface area contributed by atoms with Gasteiger partial charge in [-0.3, -0.25) is 4.79 Å². The van der Waals surface area contributed by atoms with Crippen molar-refractivity contribution in [3.05, 3.63) is 18.2 Å². The van der Waals surface area contributed by atoms with Gasteiger partial charge in [-0.05, 0) is 6.42 Å². The van der Waals surface area contributed by atoms with Crippen molar-refractivity contribution in [2.45, 2.75) is 25.8 Å². The fourth-order valence-corrected chi connectivity index (χ4v) is 1.16. The third kappa shape index (κ3) is 3.08. The van der Waals surface area contributed by atoms with E-state index in [1.54, 1.807) is 0 Å². The molecule has 0 aliphatic rings. The molecule has 1 aromatic heterocycles. The molecule has 0 aromatic carbocycles. The van der Waals surface area contributed by atoms with Gasteiger partial charge < -0.3 is 15.4 Å². The molecule has 82 valence electrons. The number of hydrogen-bond acceptors (Lipinski definition) is 3. The number of imidazole rings is 1. The van der Waals surface area contributed by atoms with Crippen LogP contribution in [0.5, 0.6) is 0 Å². The molecule has 6 nitrogen and oxygen atoms in total. The Kier molecular flexibility index (Phi) is 3.84. The molecule has 15 heavy (non-hydrogen) atoms. The number of carboxylic acids is 1. The van der Waals surface area contributed by atoms with Gasteiger partial charge >= 0.3 is 5.97 Å². The number of nitrogens with zero attached hydrogens (tertiary/aromatic N) is 1. The number of aromatic amines is 1. The Hall–Kier alpha value is -1.85. The standard InChI is InChI=1S/C9H13N3O3/c1-2-3-6(9(14)15)12-8(13)7-10-4-5-11-7/h4-6H,2-3H2,1H3,(H,10,11)(H,12,13)(H,14,15). The summed E-state index contributed by atoms with van der Waals surface area (Å²) in [4.78, 5) is 28.5. The van der Waals surface area contributed by atoms with Crippen LogP contribution in [0.2, 0.25) is 0 Å². The van der Waals surface area contributed by atoms with Crippen LogP contribution in [0.15, 0.2) is 12.4 Å². The van der Waals surface area contributed by atoms with Gasteiger partial charge in [0.25, 0.3) is 5.91 Å². The minimum absolute atomic E-state index is 0.123. The van der Waals surface area contributed by atoms with Gasteiger partial charge in [-0.2, -0.15) is 0 Å². The molecule has 6 heteroatoms. The molecular formula is C9H13N3O3. The van der Waals surface area contributed by atoms with Crippen LogP contribution in [0.25, 0.3) is 0 Å². The maximum Gasteiger partial charge on any atom is 0.326 e. The van der Waals surface area contributed by atoms with Gasteiger partial charge in [-0.25, -0.2) is 9.78 Å². The fourth-order valence-electron chi connectivity index (χ4n) is 1.16. The van der Waals surface area contributed by atoms with E-state index in [9.17, 15) is 9.59 Å². The number of rotatable bonds is 5. The number of carbonyl (C=O) groups excluding carboxylic acids is 1. The predicted octanol–water partition coefficient (Wildman–Crippen LogP) is 0.393. The molecule has 1 atom stereocenters. The summed E-state index contributed by atoms with van der Waals surface area (Å²) in [7, 11) is 0. The predicted molar refractivity (Wildman–Crippen MR) is 52.4 cm³/mol. The van der Waals surface area contributed by atoms with E-state index in [1.165, 1.54) is 12.4 Å². The molecule has 1 aromatic rings. The van der Waals surface area contributed by atoms with E-state index in [-0.39, 0.29) is 5.82 Å². The second-order valence-corrected chi connectivity index (χ2v) is 3.09. The van der Waals surface area contributed by atoms with Crippen molar-refractivity contribution >= 4 is 11.9 Å². The van der Waals surface area contributed by atoms with Crippen molar-refractivity contribution in [2.24, 2.45) is 0 Å². The second-order valence-electron chi connectivity index (χ2n) is 3.09. The van der Waals surface area contributed by atoms with Gasteiger partial charge in [0.15, 0.2) is 5.82 Å².